The highest BCUT2D eigenvalue weighted by molar-refractivity contribution is 7.99. The van der Waals surface area contributed by atoms with Crippen LogP contribution in [-0.2, 0) is 0 Å². The zero-order valence-corrected chi connectivity index (χ0v) is 12.7. The molecule has 0 amide bonds. The molecule has 0 fully saturated rings. The maximum atomic E-state index is 12.7. The molecule has 0 unspecified atom stereocenters. The van der Waals surface area contributed by atoms with Gasteiger partial charge in [-0.05, 0) is 24.3 Å². The first-order valence-electron chi connectivity index (χ1n) is 6.61. The Morgan fingerprint density at radius 2 is 2.00 bits per heavy atom. The van der Waals surface area contributed by atoms with E-state index in [1.165, 1.54) is 17.8 Å². The Bertz CT molecular complexity index is 492. The van der Waals surface area contributed by atoms with E-state index in [-0.39, 0.29) is 17.8 Å². The second kappa shape index (κ2) is 7.59. The van der Waals surface area contributed by atoms with Crippen molar-refractivity contribution in [3.63, 3.8) is 0 Å². The van der Waals surface area contributed by atoms with Crippen LogP contribution in [0.25, 0.3) is 0 Å². The lowest BCUT2D eigenvalue weighted by molar-refractivity contribution is -0.119. The second-order valence-electron chi connectivity index (χ2n) is 4.43. The predicted molar refractivity (Wildman–Crippen MR) is 78.4 cm³/mol. The van der Waals surface area contributed by atoms with Crippen LogP contribution in [0.1, 0.15) is 30.6 Å². The summed E-state index contributed by atoms with van der Waals surface area (Å²) in [5.41, 5.74) is 0.0715. The normalized spacial score (nSPS) is 11.5. The quantitative estimate of drug-likeness (QED) is 0.761. The number of alkyl halides is 3. The van der Waals surface area contributed by atoms with Gasteiger partial charge in [0.05, 0.1) is 11.3 Å². The maximum absolute atomic E-state index is 12.7. The van der Waals surface area contributed by atoms with E-state index in [1.54, 1.807) is 19.1 Å². The molecule has 21 heavy (non-hydrogen) atoms. The predicted octanol–water partition coefficient (Wildman–Crippen LogP) is 4.28. The Hall–Kier alpha value is -1.37. The summed E-state index contributed by atoms with van der Waals surface area (Å²) in [6.45, 7) is 2.62. The molecule has 1 aromatic rings. The number of carboxylic acid groups (broad SMARTS) is 1. The molecule has 3 nitrogen and oxygen atoms in total. The molecule has 1 rings (SSSR count). The van der Waals surface area contributed by atoms with E-state index in [0.717, 1.165) is 4.90 Å². The van der Waals surface area contributed by atoms with Crippen LogP contribution >= 0.6 is 11.8 Å². The molecule has 0 aliphatic rings. The van der Waals surface area contributed by atoms with Crippen molar-refractivity contribution in [2.45, 2.75) is 31.3 Å². The van der Waals surface area contributed by atoms with Gasteiger partial charge < -0.3 is 10.0 Å². The van der Waals surface area contributed by atoms with E-state index in [4.69, 9.17) is 0 Å². The molecule has 0 atom stereocenters. The van der Waals surface area contributed by atoms with Crippen molar-refractivity contribution in [2.75, 3.05) is 23.7 Å². The first-order chi connectivity index (χ1) is 9.80. The Balaban J connectivity index is 3.29. The molecular formula is C14H18F3NO2S. The number of halogens is 3. The van der Waals surface area contributed by atoms with Crippen LogP contribution in [0, 0.1) is 0 Å². The van der Waals surface area contributed by atoms with Gasteiger partial charge in [-0.1, -0.05) is 19.9 Å². The SMILES string of the molecule is CCCN(CC(F)(F)F)c1cccc(SCC)c1C(=O)O. The van der Waals surface area contributed by atoms with Crippen LogP contribution in [0.4, 0.5) is 18.9 Å². The fourth-order valence-corrected chi connectivity index (χ4v) is 2.87. The molecule has 0 aliphatic heterocycles. The van der Waals surface area contributed by atoms with Gasteiger partial charge in [0.2, 0.25) is 0 Å². The van der Waals surface area contributed by atoms with E-state index in [1.807, 2.05) is 6.92 Å². The lowest BCUT2D eigenvalue weighted by Crippen LogP contribution is -2.35. The van der Waals surface area contributed by atoms with Crippen LogP contribution in [0.5, 0.6) is 0 Å². The Labute approximate surface area is 126 Å². The van der Waals surface area contributed by atoms with Crippen LogP contribution < -0.4 is 4.90 Å². The molecule has 1 N–H and O–H groups in total. The molecule has 0 aliphatic carbocycles. The topological polar surface area (TPSA) is 40.5 Å². The number of thioether (sulfide) groups is 1. The van der Waals surface area contributed by atoms with Crippen molar-refractivity contribution >= 4 is 23.4 Å². The zero-order chi connectivity index (χ0) is 16.0. The van der Waals surface area contributed by atoms with Crippen LogP contribution in [0.3, 0.4) is 0 Å². The van der Waals surface area contributed by atoms with Gasteiger partial charge in [-0.3, -0.25) is 0 Å². The summed E-state index contributed by atoms with van der Waals surface area (Å²) in [5.74, 6) is -0.554. The zero-order valence-electron chi connectivity index (χ0n) is 11.9. The van der Waals surface area contributed by atoms with Crippen LogP contribution in [-0.4, -0.2) is 36.1 Å². The number of benzene rings is 1. The number of hydrogen-bond donors (Lipinski definition) is 1. The number of hydrogen-bond acceptors (Lipinski definition) is 3. The highest BCUT2D eigenvalue weighted by atomic mass is 32.2. The summed E-state index contributed by atoms with van der Waals surface area (Å²) in [4.78, 5) is 13.0. The van der Waals surface area contributed by atoms with Gasteiger partial charge in [0.25, 0.3) is 0 Å². The molecular weight excluding hydrogens is 303 g/mol. The van der Waals surface area contributed by atoms with E-state index >= 15 is 0 Å². The minimum absolute atomic E-state index is 0.0537. The standard InChI is InChI=1S/C14H18F3NO2S/c1-3-8-18(9-14(15,16)17)10-6-5-7-11(21-4-2)12(10)13(19)20/h5-7H,3-4,8-9H2,1-2H3,(H,19,20). The highest BCUT2D eigenvalue weighted by Gasteiger charge is 2.32. The summed E-state index contributed by atoms with van der Waals surface area (Å²) >= 11 is 1.31. The first-order valence-corrected chi connectivity index (χ1v) is 7.59. The third-order valence-electron chi connectivity index (χ3n) is 2.72. The van der Waals surface area contributed by atoms with Gasteiger partial charge in [0, 0.05) is 11.4 Å². The van der Waals surface area contributed by atoms with Crippen LogP contribution in [0.15, 0.2) is 23.1 Å². The molecule has 1 aromatic carbocycles. The third-order valence-corrected chi connectivity index (χ3v) is 3.66. The van der Waals surface area contributed by atoms with Crippen molar-refractivity contribution in [3.8, 4) is 0 Å². The minimum atomic E-state index is -4.38. The summed E-state index contributed by atoms with van der Waals surface area (Å²) in [6, 6.07) is 4.65. The van der Waals surface area contributed by atoms with Crippen LogP contribution in [0.2, 0.25) is 0 Å². The van der Waals surface area contributed by atoms with Gasteiger partial charge in [-0.15, -0.1) is 11.8 Å². The summed E-state index contributed by atoms with van der Waals surface area (Å²) < 4.78 is 38.1. The molecule has 118 valence electrons. The summed E-state index contributed by atoms with van der Waals surface area (Å²) in [6.07, 6.45) is -3.88. The minimum Gasteiger partial charge on any atom is -0.478 e. The average Bonchev–Trinajstić information content (AvgIpc) is 2.36. The van der Waals surface area contributed by atoms with E-state index in [0.29, 0.717) is 17.1 Å². The van der Waals surface area contributed by atoms with Crippen molar-refractivity contribution in [1.29, 1.82) is 0 Å². The number of rotatable bonds is 7. The largest absolute Gasteiger partial charge is 0.478 e. The van der Waals surface area contributed by atoms with E-state index < -0.39 is 18.7 Å². The molecule has 0 aromatic heterocycles. The second-order valence-corrected chi connectivity index (χ2v) is 5.73. The lowest BCUT2D eigenvalue weighted by atomic mass is 10.1. The molecule has 0 bridgehead atoms. The lowest BCUT2D eigenvalue weighted by Gasteiger charge is -2.27. The highest BCUT2D eigenvalue weighted by Crippen LogP contribution is 2.32. The Morgan fingerprint density at radius 1 is 1.33 bits per heavy atom. The number of anilines is 1. The monoisotopic (exact) mass is 321 g/mol. The fraction of sp³-hybridized carbons (Fsp3) is 0.500. The number of nitrogens with zero attached hydrogens (tertiary/aromatic N) is 1. The van der Waals surface area contributed by atoms with Gasteiger partial charge in [0.1, 0.15) is 6.54 Å². The third kappa shape index (κ3) is 5.15. The van der Waals surface area contributed by atoms with E-state index in [2.05, 4.69) is 0 Å². The average molecular weight is 321 g/mol. The smallest absolute Gasteiger partial charge is 0.405 e. The number of carbonyl (C=O) groups is 1. The molecule has 7 heteroatoms. The van der Waals surface area contributed by atoms with Crippen molar-refractivity contribution < 1.29 is 23.1 Å². The summed E-state index contributed by atoms with van der Waals surface area (Å²) in [5, 5.41) is 9.37. The van der Waals surface area contributed by atoms with Gasteiger partial charge >= 0.3 is 12.1 Å². The Kier molecular flexibility index (Phi) is 6.39. The number of aromatic carboxylic acids is 1. The van der Waals surface area contributed by atoms with E-state index in [9.17, 15) is 23.1 Å². The summed E-state index contributed by atoms with van der Waals surface area (Å²) in [7, 11) is 0. The molecule has 0 saturated carbocycles. The van der Waals surface area contributed by atoms with Crippen molar-refractivity contribution in [2.24, 2.45) is 0 Å². The molecule has 0 spiro atoms. The van der Waals surface area contributed by atoms with Gasteiger partial charge in [-0.25, -0.2) is 4.79 Å². The fourth-order valence-electron chi connectivity index (χ4n) is 2.04. The van der Waals surface area contributed by atoms with Gasteiger partial charge in [0.15, 0.2) is 0 Å². The first kappa shape index (κ1) is 17.7. The van der Waals surface area contributed by atoms with Crippen molar-refractivity contribution in [1.82, 2.24) is 0 Å². The molecule has 0 radical (unpaired) electrons. The maximum Gasteiger partial charge on any atom is 0.405 e. The Morgan fingerprint density at radius 3 is 2.48 bits per heavy atom. The van der Waals surface area contributed by atoms with Gasteiger partial charge in [-0.2, -0.15) is 13.2 Å². The molecule has 0 heterocycles. The van der Waals surface area contributed by atoms with Crippen molar-refractivity contribution in [3.05, 3.63) is 23.8 Å². The molecule has 0 saturated heterocycles. The number of carboxylic acids is 1.